The summed E-state index contributed by atoms with van der Waals surface area (Å²) >= 11 is 1.59. The lowest BCUT2D eigenvalue weighted by molar-refractivity contribution is -0.140. The van der Waals surface area contributed by atoms with Gasteiger partial charge in [-0.05, 0) is 68.4 Å². The molecule has 4 fully saturated rings. The maximum absolute atomic E-state index is 13.3. The van der Waals surface area contributed by atoms with Gasteiger partial charge in [-0.2, -0.15) is 0 Å². The highest BCUT2D eigenvalue weighted by molar-refractivity contribution is 7.14. The molecule has 1 aromatic heterocycles. The van der Waals surface area contributed by atoms with E-state index in [0.29, 0.717) is 6.54 Å². The summed E-state index contributed by atoms with van der Waals surface area (Å²) in [6, 6.07) is 8.09. The first-order chi connectivity index (χ1) is 13.6. The number of carbonyl (C=O) groups excluding carboxylic acids is 1. The quantitative estimate of drug-likeness (QED) is 0.632. The number of nitrogens with zero attached hydrogens (tertiary/aromatic N) is 1. The van der Waals surface area contributed by atoms with E-state index < -0.39 is 0 Å². The summed E-state index contributed by atoms with van der Waals surface area (Å²) < 4.78 is 0. The monoisotopic (exact) mass is 393 g/mol. The molecular weight excluding hydrogens is 366 g/mol. The minimum atomic E-state index is -0.118. The van der Waals surface area contributed by atoms with Crippen LogP contribution in [0.1, 0.15) is 38.5 Å². The minimum Gasteiger partial charge on any atom is -0.358 e. The Morgan fingerprint density at radius 3 is 2.61 bits per heavy atom. The van der Waals surface area contributed by atoms with Gasteiger partial charge in [0.1, 0.15) is 0 Å². The number of amides is 1. The molecule has 4 aliphatic carbocycles. The molecule has 1 aromatic carbocycles. The Morgan fingerprint density at radius 2 is 1.93 bits per heavy atom. The lowest BCUT2D eigenvalue weighted by atomic mass is 9.49. The van der Waals surface area contributed by atoms with Crippen molar-refractivity contribution in [3.63, 3.8) is 0 Å². The molecule has 4 saturated carbocycles. The molecule has 146 valence electrons. The zero-order chi connectivity index (χ0) is 19.1. The van der Waals surface area contributed by atoms with Crippen molar-refractivity contribution in [3.05, 3.63) is 42.3 Å². The van der Waals surface area contributed by atoms with Crippen LogP contribution in [0.15, 0.2) is 42.3 Å². The molecule has 0 radical (unpaired) electrons. The predicted molar refractivity (Wildman–Crippen MR) is 115 cm³/mol. The van der Waals surface area contributed by atoms with Gasteiger partial charge in [0.2, 0.25) is 5.91 Å². The Balaban J connectivity index is 1.32. The number of aromatic nitrogens is 1. The second kappa shape index (κ2) is 7.03. The number of thiazole rings is 1. The number of hydrogen-bond acceptors (Lipinski definition) is 4. The largest absolute Gasteiger partial charge is 0.358 e. The third-order valence-corrected chi connectivity index (χ3v) is 7.64. The van der Waals surface area contributed by atoms with Crippen molar-refractivity contribution in [2.24, 2.45) is 23.2 Å². The minimum absolute atomic E-state index is 0.118. The molecular formula is C23H27N3OS. The highest BCUT2D eigenvalue weighted by Crippen LogP contribution is 2.60. The molecule has 6 rings (SSSR count). The van der Waals surface area contributed by atoms with Gasteiger partial charge in [-0.3, -0.25) is 4.79 Å². The van der Waals surface area contributed by atoms with Crippen molar-refractivity contribution < 1.29 is 4.79 Å². The van der Waals surface area contributed by atoms with Gasteiger partial charge in [0.25, 0.3) is 0 Å². The van der Waals surface area contributed by atoms with E-state index in [9.17, 15) is 4.79 Å². The molecule has 1 heterocycles. The van der Waals surface area contributed by atoms with Gasteiger partial charge < -0.3 is 10.6 Å². The molecule has 4 nitrogen and oxygen atoms in total. The van der Waals surface area contributed by atoms with Crippen LogP contribution in [0.2, 0.25) is 0 Å². The first-order valence-electron chi connectivity index (χ1n) is 10.4. The number of carbonyl (C=O) groups is 1. The summed E-state index contributed by atoms with van der Waals surface area (Å²) in [4.78, 5) is 17.9. The van der Waals surface area contributed by atoms with Crippen molar-refractivity contribution in [1.29, 1.82) is 0 Å². The standard InChI is InChI=1S/C23H27N3OS/c1-2-6-24-22-26-20(14-28-22)18-4-3-5-19(10-18)25-21(27)23-11-15-7-16(12-23)9-17(8-15)13-23/h2-5,10,14-17H,1,6-9,11-13H2,(H,24,26)(H,25,27). The molecule has 5 heteroatoms. The predicted octanol–water partition coefficient (Wildman–Crippen LogP) is 5.56. The Kier molecular flexibility index (Phi) is 4.50. The summed E-state index contributed by atoms with van der Waals surface area (Å²) in [6.45, 7) is 4.42. The van der Waals surface area contributed by atoms with E-state index in [1.54, 1.807) is 11.3 Å². The molecule has 0 saturated heterocycles. The van der Waals surface area contributed by atoms with Crippen LogP contribution in [0, 0.1) is 23.2 Å². The van der Waals surface area contributed by atoms with Crippen LogP contribution in [0.5, 0.6) is 0 Å². The van der Waals surface area contributed by atoms with Crippen molar-refractivity contribution >= 4 is 28.1 Å². The van der Waals surface area contributed by atoms with Crippen molar-refractivity contribution in [3.8, 4) is 11.3 Å². The van der Waals surface area contributed by atoms with E-state index in [-0.39, 0.29) is 11.3 Å². The first kappa shape index (κ1) is 17.9. The number of hydrogen-bond donors (Lipinski definition) is 2. The topological polar surface area (TPSA) is 54.0 Å². The Bertz CT molecular complexity index is 867. The van der Waals surface area contributed by atoms with Gasteiger partial charge in [0.05, 0.1) is 11.1 Å². The van der Waals surface area contributed by atoms with Gasteiger partial charge >= 0.3 is 0 Å². The van der Waals surface area contributed by atoms with Crippen LogP contribution in [0.4, 0.5) is 10.8 Å². The van der Waals surface area contributed by atoms with E-state index >= 15 is 0 Å². The van der Waals surface area contributed by atoms with E-state index in [1.165, 1.54) is 19.3 Å². The first-order valence-corrected chi connectivity index (χ1v) is 11.2. The van der Waals surface area contributed by atoms with Gasteiger partial charge in [0, 0.05) is 23.2 Å². The van der Waals surface area contributed by atoms with Gasteiger partial charge in [-0.15, -0.1) is 17.9 Å². The average molecular weight is 394 g/mol. The summed E-state index contributed by atoms with van der Waals surface area (Å²) in [7, 11) is 0. The van der Waals surface area contributed by atoms with Crippen LogP contribution >= 0.6 is 11.3 Å². The highest BCUT2D eigenvalue weighted by atomic mass is 32.1. The van der Waals surface area contributed by atoms with Crippen LogP contribution in [0.3, 0.4) is 0 Å². The number of benzene rings is 1. The smallest absolute Gasteiger partial charge is 0.230 e. The molecule has 1 amide bonds. The van der Waals surface area contributed by atoms with Gasteiger partial charge in [-0.25, -0.2) is 4.98 Å². The van der Waals surface area contributed by atoms with E-state index in [1.807, 2.05) is 35.7 Å². The third kappa shape index (κ3) is 3.26. The molecule has 0 aliphatic heterocycles. The van der Waals surface area contributed by atoms with Crippen molar-refractivity contribution in [1.82, 2.24) is 4.98 Å². The van der Waals surface area contributed by atoms with Gasteiger partial charge in [-0.1, -0.05) is 18.2 Å². The van der Waals surface area contributed by atoms with Crippen molar-refractivity contribution in [2.75, 3.05) is 17.2 Å². The molecule has 28 heavy (non-hydrogen) atoms. The Morgan fingerprint density at radius 1 is 1.21 bits per heavy atom. The van der Waals surface area contributed by atoms with Crippen LogP contribution in [-0.2, 0) is 4.79 Å². The zero-order valence-electron chi connectivity index (χ0n) is 16.1. The molecule has 2 N–H and O–H groups in total. The fraction of sp³-hybridized carbons (Fsp3) is 0.478. The molecule has 0 spiro atoms. The fourth-order valence-electron chi connectivity index (χ4n) is 6.06. The van der Waals surface area contributed by atoms with Crippen LogP contribution in [0.25, 0.3) is 11.3 Å². The fourth-order valence-corrected chi connectivity index (χ4v) is 6.79. The number of nitrogens with one attached hydrogen (secondary N) is 2. The van der Waals surface area contributed by atoms with Crippen LogP contribution in [-0.4, -0.2) is 17.4 Å². The summed E-state index contributed by atoms with van der Waals surface area (Å²) in [5, 5.41) is 9.42. The zero-order valence-corrected chi connectivity index (χ0v) is 16.9. The second-order valence-electron chi connectivity index (χ2n) is 8.94. The summed E-state index contributed by atoms with van der Waals surface area (Å²) in [5.74, 6) is 2.58. The Hall–Kier alpha value is -2.14. The average Bonchev–Trinajstić information content (AvgIpc) is 3.14. The van der Waals surface area contributed by atoms with E-state index in [2.05, 4.69) is 22.2 Å². The Labute approximate surface area is 170 Å². The molecule has 0 unspecified atom stereocenters. The number of anilines is 2. The lowest BCUT2D eigenvalue weighted by Crippen LogP contribution is -2.51. The molecule has 4 aliphatic rings. The van der Waals surface area contributed by atoms with Crippen molar-refractivity contribution in [2.45, 2.75) is 38.5 Å². The maximum atomic E-state index is 13.3. The maximum Gasteiger partial charge on any atom is 0.230 e. The van der Waals surface area contributed by atoms with E-state index in [0.717, 1.165) is 59.1 Å². The highest BCUT2D eigenvalue weighted by Gasteiger charge is 2.54. The van der Waals surface area contributed by atoms with E-state index in [4.69, 9.17) is 0 Å². The molecule has 4 bridgehead atoms. The van der Waals surface area contributed by atoms with Crippen LogP contribution < -0.4 is 10.6 Å². The summed E-state index contributed by atoms with van der Waals surface area (Å²) in [5.41, 5.74) is 2.73. The SMILES string of the molecule is C=CCNc1nc(-c2cccc(NC(=O)C34CC5CC(CC(C5)C3)C4)c2)cs1. The number of rotatable bonds is 6. The molecule has 0 atom stereocenters. The summed E-state index contributed by atoms with van der Waals surface area (Å²) in [6.07, 6.45) is 9.16. The second-order valence-corrected chi connectivity index (χ2v) is 9.80. The normalized spacial score (nSPS) is 30.2. The lowest BCUT2D eigenvalue weighted by Gasteiger charge is -2.55. The third-order valence-electron chi connectivity index (χ3n) is 6.84. The molecule has 2 aromatic rings. The van der Waals surface area contributed by atoms with Gasteiger partial charge in [0.15, 0.2) is 5.13 Å².